The van der Waals surface area contributed by atoms with Crippen LogP contribution in [0.15, 0.2) is 48.5 Å². The number of hydrogen-bond donors (Lipinski definition) is 2. The molecule has 2 aromatic rings. The van der Waals surface area contributed by atoms with Crippen molar-refractivity contribution in [2.45, 2.75) is 4.58 Å². The molecule has 0 radical (unpaired) electrons. The van der Waals surface area contributed by atoms with Gasteiger partial charge >= 0.3 is 0 Å². The first-order valence-corrected chi connectivity index (χ1v) is 10.0. The van der Waals surface area contributed by atoms with Crippen LogP contribution in [0.1, 0.15) is 20.5 Å². The number of amides is 2. The molecular formula is C18H17FN2O3S2. The average Bonchev–Trinajstić information content (AvgIpc) is 3.19. The second-order valence-corrected chi connectivity index (χ2v) is 8.11. The fourth-order valence-electron chi connectivity index (χ4n) is 2.36. The smallest absolute Gasteiger partial charge is 0.276 e. The van der Waals surface area contributed by atoms with Gasteiger partial charge in [-0.05, 0) is 18.2 Å². The molecule has 3 rings (SSSR count). The van der Waals surface area contributed by atoms with E-state index in [2.05, 4.69) is 10.9 Å². The van der Waals surface area contributed by atoms with Crippen molar-refractivity contribution in [3.8, 4) is 5.75 Å². The van der Waals surface area contributed by atoms with Gasteiger partial charge < -0.3 is 4.74 Å². The quantitative estimate of drug-likeness (QED) is 0.766. The highest BCUT2D eigenvalue weighted by Gasteiger charge is 2.22. The number of nitrogens with one attached hydrogen (secondary N) is 2. The van der Waals surface area contributed by atoms with Crippen LogP contribution in [0.2, 0.25) is 0 Å². The van der Waals surface area contributed by atoms with Crippen molar-refractivity contribution in [1.29, 1.82) is 0 Å². The molecule has 2 aromatic carbocycles. The first kappa shape index (κ1) is 18.6. The van der Waals surface area contributed by atoms with E-state index in [1.165, 1.54) is 18.2 Å². The zero-order valence-electron chi connectivity index (χ0n) is 13.7. The van der Waals surface area contributed by atoms with E-state index in [9.17, 15) is 14.0 Å². The zero-order chi connectivity index (χ0) is 18.4. The van der Waals surface area contributed by atoms with E-state index < -0.39 is 17.6 Å². The predicted octanol–water partition coefficient (Wildman–Crippen LogP) is 3.14. The summed E-state index contributed by atoms with van der Waals surface area (Å²) in [6.07, 6.45) is 0. The summed E-state index contributed by atoms with van der Waals surface area (Å²) in [6.45, 7) is -0.253. The summed E-state index contributed by atoms with van der Waals surface area (Å²) in [5.74, 6) is 0.913. The molecule has 136 valence electrons. The normalized spacial score (nSPS) is 14.0. The maximum absolute atomic E-state index is 13.5. The molecule has 1 saturated heterocycles. The summed E-state index contributed by atoms with van der Waals surface area (Å²) in [4.78, 5) is 23.8. The summed E-state index contributed by atoms with van der Waals surface area (Å²) >= 11 is 3.69. The Labute approximate surface area is 159 Å². The van der Waals surface area contributed by atoms with Crippen molar-refractivity contribution in [3.63, 3.8) is 0 Å². The van der Waals surface area contributed by atoms with Crippen LogP contribution in [0.3, 0.4) is 0 Å². The van der Waals surface area contributed by atoms with Gasteiger partial charge in [-0.3, -0.25) is 20.4 Å². The van der Waals surface area contributed by atoms with Gasteiger partial charge in [-0.2, -0.15) is 0 Å². The highest BCUT2D eigenvalue weighted by Crippen LogP contribution is 2.48. The molecule has 8 heteroatoms. The molecule has 2 amide bonds. The number of hydrogen-bond acceptors (Lipinski definition) is 5. The second-order valence-electron chi connectivity index (χ2n) is 5.38. The zero-order valence-corrected chi connectivity index (χ0v) is 15.4. The average molecular weight is 392 g/mol. The lowest BCUT2D eigenvalue weighted by atomic mass is 10.2. The van der Waals surface area contributed by atoms with Gasteiger partial charge in [0.1, 0.15) is 11.6 Å². The highest BCUT2D eigenvalue weighted by atomic mass is 32.2. The molecule has 0 bridgehead atoms. The van der Waals surface area contributed by atoms with Gasteiger partial charge in [-0.25, -0.2) is 4.39 Å². The van der Waals surface area contributed by atoms with E-state index in [4.69, 9.17) is 4.74 Å². The first-order valence-electron chi connectivity index (χ1n) is 7.94. The fourth-order valence-corrected chi connectivity index (χ4v) is 5.27. The molecule has 2 N–H and O–H groups in total. The van der Waals surface area contributed by atoms with Gasteiger partial charge in [0.25, 0.3) is 11.8 Å². The van der Waals surface area contributed by atoms with Crippen LogP contribution >= 0.6 is 23.5 Å². The van der Waals surface area contributed by atoms with Crippen molar-refractivity contribution >= 4 is 35.3 Å². The van der Waals surface area contributed by atoms with Gasteiger partial charge in [0.2, 0.25) is 0 Å². The van der Waals surface area contributed by atoms with Crippen LogP contribution in [0, 0.1) is 5.82 Å². The fraction of sp³-hybridized carbons (Fsp3) is 0.222. The molecule has 0 unspecified atom stereocenters. The van der Waals surface area contributed by atoms with Crippen molar-refractivity contribution in [2.24, 2.45) is 0 Å². The summed E-state index contributed by atoms with van der Waals surface area (Å²) < 4.78 is 19.4. The second kappa shape index (κ2) is 8.95. The summed E-state index contributed by atoms with van der Waals surface area (Å²) in [7, 11) is 0. The molecule has 1 fully saturated rings. The van der Waals surface area contributed by atoms with E-state index in [-0.39, 0.29) is 12.2 Å². The molecule has 0 aliphatic carbocycles. The van der Waals surface area contributed by atoms with Crippen molar-refractivity contribution in [2.75, 3.05) is 18.1 Å². The van der Waals surface area contributed by atoms with Crippen LogP contribution in [-0.4, -0.2) is 29.9 Å². The molecule has 1 heterocycles. The van der Waals surface area contributed by atoms with Crippen LogP contribution in [0.5, 0.6) is 5.75 Å². The summed E-state index contributed by atoms with van der Waals surface area (Å²) in [6, 6.07) is 13.1. The molecule has 0 spiro atoms. The minimum Gasteiger partial charge on any atom is -0.483 e. The number of ether oxygens (including phenoxy) is 1. The van der Waals surface area contributed by atoms with E-state index in [1.54, 1.807) is 6.07 Å². The summed E-state index contributed by atoms with van der Waals surface area (Å²) in [5.41, 5.74) is 5.31. The Kier molecular flexibility index (Phi) is 6.40. The lowest BCUT2D eigenvalue weighted by molar-refractivity contribution is -0.123. The Morgan fingerprint density at radius 2 is 1.73 bits per heavy atom. The topological polar surface area (TPSA) is 67.4 Å². The number of halogens is 1. The van der Waals surface area contributed by atoms with E-state index >= 15 is 0 Å². The Bertz CT molecular complexity index is 798. The maximum atomic E-state index is 13.5. The number of carbonyl (C=O) groups is 2. The first-order chi connectivity index (χ1) is 12.6. The molecular weight excluding hydrogens is 375 g/mol. The Balaban J connectivity index is 1.52. The monoisotopic (exact) mass is 392 g/mol. The molecule has 5 nitrogen and oxygen atoms in total. The Morgan fingerprint density at radius 1 is 1.04 bits per heavy atom. The van der Waals surface area contributed by atoms with Crippen LogP contribution in [-0.2, 0) is 4.79 Å². The third kappa shape index (κ3) is 4.70. The largest absolute Gasteiger partial charge is 0.483 e. The van der Waals surface area contributed by atoms with E-state index in [0.29, 0.717) is 10.3 Å². The van der Waals surface area contributed by atoms with Crippen LogP contribution in [0.4, 0.5) is 4.39 Å². The standard InChI is InChI=1S/C18H17FN2O3S2/c19-14-7-3-1-5-12(14)17(23)21-20-16(22)11-24-15-8-4-2-6-13(15)18-25-9-10-26-18/h1-8,18H,9-11H2,(H,20,22)(H,21,23). The Hall–Kier alpha value is -2.19. The minimum absolute atomic E-state index is 0.144. The van der Waals surface area contributed by atoms with Gasteiger partial charge in [-0.1, -0.05) is 30.3 Å². The SMILES string of the molecule is O=C(COc1ccccc1C1SCCS1)NNC(=O)c1ccccc1F. The van der Waals surface area contributed by atoms with Crippen molar-refractivity contribution < 1.29 is 18.7 Å². The number of carbonyl (C=O) groups excluding carboxylic acids is 2. The lowest BCUT2D eigenvalue weighted by Crippen LogP contribution is -2.44. The van der Waals surface area contributed by atoms with Gasteiger partial charge in [0.05, 0.1) is 10.1 Å². The predicted molar refractivity (Wildman–Crippen MR) is 102 cm³/mol. The van der Waals surface area contributed by atoms with E-state index in [1.807, 2.05) is 47.8 Å². The van der Waals surface area contributed by atoms with Crippen LogP contribution < -0.4 is 15.6 Å². The lowest BCUT2D eigenvalue weighted by Gasteiger charge is -2.15. The third-order valence-corrected chi connectivity index (χ3v) is 6.66. The van der Waals surface area contributed by atoms with E-state index in [0.717, 1.165) is 17.1 Å². The Morgan fingerprint density at radius 3 is 2.50 bits per heavy atom. The van der Waals surface area contributed by atoms with Crippen molar-refractivity contribution in [1.82, 2.24) is 10.9 Å². The molecule has 0 aromatic heterocycles. The molecule has 1 aliphatic rings. The molecule has 0 saturated carbocycles. The van der Waals surface area contributed by atoms with Gasteiger partial charge in [0.15, 0.2) is 6.61 Å². The van der Waals surface area contributed by atoms with Crippen molar-refractivity contribution in [3.05, 3.63) is 65.5 Å². The number of benzene rings is 2. The number of hydrazine groups is 1. The molecule has 1 aliphatic heterocycles. The number of rotatable bonds is 5. The van der Waals surface area contributed by atoms with Gasteiger partial charge in [0, 0.05) is 17.1 Å². The maximum Gasteiger partial charge on any atom is 0.276 e. The minimum atomic E-state index is -0.726. The number of thioether (sulfide) groups is 2. The molecule has 26 heavy (non-hydrogen) atoms. The number of para-hydroxylation sites is 1. The summed E-state index contributed by atoms with van der Waals surface area (Å²) in [5, 5.41) is 0. The highest BCUT2D eigenvalue weighted by molar-refractivity contribution is 8.19. The van der Waals surface area contributed by atoms with Gasteiger partial charge in [-0.15, -0.1) is 23.5 Å². The third-order valence-electron chi connectivity index (χ3n) is 3.59. The van der Waals surface area contributed by atoms with Crippen LogP contribution in [0.25, 0.3) is 0 Å². The molecule has 0 atom stereocenters.